The average molecular weight is 425 g/mol. The van der Waals surface area contributed by atoms with Crippen molar-refractivity contribution >= 4 is 39.3 Å². The summed E-state index contributed by atoms with van der Waals surface area (Å²) in [5.74, 6) is 0.772. The van der Waals surface area contributed by atoms with E-state index in [-0.39, 0.29) is 28.9 Å². The second-order valence-corrected chi connectivity index (χ2v) is 9.61. The minimum Gasteiger partial charge on any atom is -0.340 e. The van der Waals surface area contributed by atoms with Crippen LogP contribution in [-0.4, -0.2) is 55.5 Å². The van der Waals surface area contributed by atoms with E-state index in [0.29, 0.717) is 25.3 Å². The number of rotatable bonds is 6. The third-order valence-corrected chi connectivity index (χ3v) is 7.79. The monoisotopic (exact) mass is 424 g/mol. The van der Waals surface area contributed by atoms with Gasteiger partial charge in [-0.25, -0.2) is 8.42 Å². The Morgan fingerprint density at radius 3 is 2.26 bits per heavy atom. The largest absolute Gasteiger partial charge is 0.340 e. The highest BCUT2D eigenvalue weighted by Crippen LogP contribution is 2.25. The molecular weight excluding hydrogens is 404 g/mol. The first-order valence-electron chi connectivity index (χ1n) is 8.69. The molecular formula is C19H21ClN2O3S2. The predicted molar refractivity (Wildman–Crippen MR) is 109 cm³/mol. The molecule has 1 aliphatic heterocycles. The van der Waals surface area contributed by atoms with Crippen molar-refractivity contribution < 1.29 is 13.2 Å². The van der Waals surface area contributed by atoms with Crippen molar-refractivity contribution in [2.45, 2.75) is 16.2 Å². The molecule has 1 fully saturated rings. The molecule has 1 heterocycles. The number of benzene rings is 2. The van der Waals surface area contributed by atoms with E-state index in [1.165, 1.54) is 10.4 Å². The Bertz CT molecular complexity index is 883. The molecule has 1 saturated heterocycles. The van der Waals surface area contributed by atoms with Crippen molar-refractivity contribution in [2.24, 2.45) is 0 Å². The lowest BCUT2D eigenvalue weighted by atomic mass is 10.3. The number of sulfonamides is 1. The van der Waals surface area contributed by atoms with E-state index in [2.05, 4.69) is 0 Å². The molecule has 0 unspecified atom stereocenters. The van der Waals surface area contributed by atoms with E-state index in [4.69, 9.17) is 11.6 Å². The van der Waals surface area contributed by atoms with Crippen molar-refractivity contribution in [3.8, 4) is 0 Å². The summed E-state index contributed by atoms with van der Waals surface area (Å²) in [7, 11) is -3.64. The van der Waals surface area contributed by atoms with E-state index in [0.717, 1.165) is 4.90 Å². The van der Waals surface area contributed by atoms with Gasteiger partial charge in [-0.1, -0.05) is 41.9 Å². The highest BCUT2D eigenvalue weighted by atomic mass is 35.5. The molecule has 0 aliphatic carbocycles. The third-order valence-electron chi connectivity index (χ3n) is 4.37. The summed E-state index contributed by atoms with van der Waals surface area (Å²) in [6.07, 6.45) is 0.441. The lowest BCUT2D eigenvalue weighted by molar-refractivity contribution is -0.131. The molecule has 1 aliphatic rings. The van der Waals surface area contributed by atoms with Crippen LogP contribution in [-0.2, 0) is 14.8 Å². The topological polar surface area (TPSA) is 57.7 Å². The Labute approximate surface area is 169 Å². The molecule has 144 valence electrons. The number of carbonyl (C=O) groups excluding carboxylic acids is 1. The molecule has 2 aromatic rings. The van der Waals surface area contributed by atoms with Crippen LogP contribution in [0.1, 0.15) is 6.42 Å². The number of carbonyl (C=O) groups is 1. The van der Waals surface area contributed by atoms with Crippen molar-refractivity contribution in [1.82, 2.24) is 9.21 Å². The van der Waals surface area contributed by atoms with Gasteiger partial charge in [0.15, 0.2) is 0 Å². The van der Waals surface area contributed by atoms with Crippen LogP contribution in [0, 0.1) is 0 Å². The summed E-state index contributed by atoms with van der Waals surface area (Å²) in [6, 6.07) is 16.4. The molecule has 0 spiro atoms. The molecule has 27 heavy (non-hydrogen) atoms. The number of amides is 1. The molecule has 0 N–H and O–H groups in total. The Kier molecular flexibility index (Phi) is 6.81. The van der Waals surface area contributed by atoms with E-state index < -0.39 is 10.0 Å². The van der Waals surface area contributed by atoms with Gasteiger partial charge in [0, 0.05) is 43.2 Å². The first-order chi connectivity index (χ1) is 13.0. The molecule has 0 bridgehead atoms. The van der Waals surface area contributed by atoms with Gasteiger partial charge >= 0.3 is 0 Å². The maximum Gasteiger partial charge on any atom is 0.244 e. The Morgan fingerprint density at radius 1 is 0.963 bits per heavy atom. The van der Waals surface area contributed by atoms with Gasteiger partial charge in [0.05, 0.1) is 5.02 Å². The fourth-order valence-corrected chi connectivity index (χ4v) is 5.68. The van der Waals surface area contributed by atoms with Gasteiger partial charge in [0.25, 0.3) is 0 Å². The quantitative estimate of drug-likeness (QED) is 0.667. The molecule has 1 amide bonds. The second-order valence-electron chi connectivity index (χ2n) is 6.13. The van der Waals surface area contributed by atoms with Crippen molar-refractivity contribution in [3.05, 3.63) is 59.6 Å². The molecule has 2 aromatic carbocycles. The van der Waals surface area contributed by atoms with E-state index in [1.54, 1.807) is 34.9 Å². The third kappa shape index (κ3) is 5.04. The zero-order chi connectivity index (χ0) is 19.3. The maximum absolute atomic E-state index is 12.7. The summed E-state index contributed by atoms with van der Waals surface area (Å²) in [4.78, 5) is 15.4. The van der Waals surface area contributed by atoms with Crippen LogP contribution in [0.2, 0.25) is 5.02 Å². The van der Waals surface area contributed by atoms with Crippen LogP contribution in [0.5, 0.6) is 0 Å². The van der Waals surface area contributed by atoms with E-state index >= 15 is 0 Å². The van der Waals surface area contributed by atoms with Gasteiger partial charge in [-0.15, -0.1) is 11.8 Å². The maximum atomic E-state index is 12.7. The van der Waals surface area contributed by atoms with Crippen LogP contribution < -0.4 is 0 Å². The molecule has 3 rings (SSSR count). The standard InChI is InChI=1S/C19H21ClN2O3S2/c20-17-8-4-5-9-18(17)27(24,25)22-13-11-21(12-14-22)19(23)10-15-26-16-6-2-1-3-7-16/h1-9H,10-15H2. The highest BCUT2D eigenvalue weighted by molar-refractivity contribution is 7.99. The molecule has 5 nitrogen and oxygen atoms in total. The normalized spacial score (nSPS) is 15.7. The van der Waals surface area contributed by atoms with E-state index in [9.17, 15) is 13.2 Å². The number of hydrogen-bond acceptors (Lipinski definition) is 4. The number of piperazine rings is 1. The second kappa shape index (κ2) is 9.10. The predicted octanol–water partition coefficient (Wildman–Crippen LogP) is 3.36. The van der Waals surface area contributed by atoms with E-state index in [1.807, 2.05) is 30.3 Å². The Hall–Kier alpha value is -1.54. The lowest BCUT2D eigenvalue weighted by Gasteiger charge is -2.34. The van der Waals surface area contributed by atoms with Crippen molar-refractivity contribution in [1.29, 1.82) is 0 Å². The fraction of sp³-hybridized carbons (Fsp3) is 0.316. The number of nitrogens with zero attached hydrogens (tertiary/aromatic N) is 2. The minimum absolute atomic E-state index is 0.0632. The van der Waals surface area contributed by atoms with Crippen LogP contribution in [0.15, 0.2) is 64.4 Å². The summed E-state index contributed by atoms with van der Waals surface area (Å²) in [6.45, 7) is 1.37. The molecule has 0 atom stereocenters. The van der Waals surface area contributed by atoms with Crippen LogP contribution in [0.4, 0.5) is 0 Å². The van der Waals surface area contributed by atoms with Gasteiger partial charge in [-0.3, -0.25) is 4.79 Å². The highest BCUT2D eigenvalue weighted by Gasteiger charge is 2.31. The molecule has 0 saturated carbocycles. The number of thioether (sulfide) groups is 1. The fourth-order valence-electron chi connectivity index (χ4n) is 2.90. The minimum atomic E-state index is -3.64. The molecule has 0 radical (unpaired) electrons. The summed E-state index contributed by atoms with van der Waals surface area (Å²) >= 11 is 7.69. The van der Waals surface area contributed by atoms with Gasteiger partial charge in [0.2, 0.25) is 15.9 Å². The van der Waals surface area contributed by atoms with Crippen LogP contribution >= 0.6 is 23.4 Å². The van der Waals surface area contributed by atoms with Gasteiger partial charge < -0.3 is 4.90 Å². The van der Waals surface area contributed by atoms with Crippen molar-refractivity contribution in [3.63, 3.8) is 0 Å². The number of halogens is 1. The number of hydrogen-bond donors (Lipinski definition) is 0. The van der Waals surface area contributed by atoms with Crippen LogP contribution in [0.25, 0.3) is 0 Å². The first kappa shape index (κ1) is 20.2. The Morgan fingerprint density at radius 2 is 1.59 bits per heavy atom. The van der Waals surface area contributed by atoms with Gasteiger partial charge in [0.1, 0.15) is 4.90 Å². The van der Waals surface area contributed by atoms with Gasteiger partial charge in [-0.05, 0) is 24.3 Å². The lowest BCUT2D eigenvalue weighted by Crippen LogP contribution is -2.50. The summed E-state index contributed by atoms with van der Waals surface area (Å²) < 4.78 is 26.9. The SMILES string of the molecule is O=C(CCSc1ccccc1)N1CCN(S(=O)(=O)c2ccccc2Cl)CC1. The van der Waals surface area contributed by atoms with Gasteiger partial charge in [-0.2, -0.15) is 4.31 Å². The zero-order valence-electron chi connectivity index (χ0n) is 14.8. The summed E-state index contributed by atoms with van der Waals surface area (Å²) in [5.41, 5.74) is 0. The smallest absolute Gasteiger partial charge is 0.244 e. The molecule has 0 aromatic heterocycles. The van der Waals surface area contributed by atoms with Crippen LogP contribution in [0.3, 0.4) is 0 Å². The average Bonchev–Trinajstić information content (AvgIpc) is 2.69. The summed E-state index contributed by atoms with van der Waals surface area (Å²) in [5, 5.41) is 0.217. The molecule has 8 heteroatoms. The Balaban J connectivity index is 1.51. The zero-order valence-corrected chi connectivity index (χ0v) is 17.1. The first-order valence-corrected chi connectivity index (χ1v) is 11.5. The van der Waals surface area contributed by atoms with Crippen molar-refractivity contribution in [2.75, 3.05) is 31.9 Å².